The van der Waals surface area contributed by atoms with Crippen molar-refractivity contribution in [1.82, 2.24) is 10.2 Å². The van der Waals surface area contributed by atoms with Gasteiger partial charge in [0.15, 0.2) is 0 Å². The Labute approximate surface area is 173 Å². The van der Waals surface area contributed by atoms with Gasteiger partial charge in [-0.15, -0.1) is 0 Å². The first-order valence-electron chi connectivity index (χ1n) is 10.5. The third kappa shape index (κ3) is 5.72. The number of piperidine rings is 1. The molecule has 0 aliphatic carbocycles. The molecule has 3 rings (SSSR count). The Bertz CT molecular complexity index is 859. The van der Waals surface area contributed by atoms with Gasteiger partial charge in [0.2, 0.25) is 5.91 Å². The molecule has 0 radical (unpaired) electrons. The lowest BCUT2D eigenvalue weighted by molar-refractivity contribution is -0.122. The van der Waals surface area contributed by atoms with E-state index in [0.29, 0.717) is 25.4 Å². The lowest BCUT2D eigenvalue weighted by Crippen LogP contribution is -2.42. The van der Waals surface area contributed by atoms with Crippen LogP contribution in [0.25, 0.3) is 10.8 Å². The van der Waals surface area contributed by atoms with Crippen LogP contribution >= 0.6 is 0 Å². The standard InChI is InChI=1S/C24H32N2O3/c1-17(20-11-7-9-19-8-5-6-10-21(19)20)25-22(27)16-18-12-14-26(15-13-18)23(28)29-24(2,3)4/h5-11,17-18H,12-16H2,1-4H3,(H,25,27). The zero-order chi connectivity index (χ0) is 21.0. The molecule has 1 aliphatic rings. The Morgan fingerprint density at radius 3 is 2.45 bits per heavy atom. The first-order valence-corrected chi connectivity index (χ1v) is 10.5. The predicted octanol–water partition coefficient (Wildman–Crippen LogP) is 5.05. The molecule has 1 aliphatic heterocycles. The van der Waals surface area contributed by atoms with Crippen molar-refractivity contribution in [1.29, 1.82) is 0 Å². The van der Waals surface area contributed by atoms with Crippen LogP contribution in [0.3, 0.4) is 0 Å². The van der Waals surface area contributed by atoms with Gasteiger partial charge in [0.05, 0.1) is 6.04 Å². The Morgan fingerprint density at radius 2 is 1.76 bits per heavy atom. The van der Waals surface area contributed by atoms with Crippen LogP contribution in [0.5, 0.6) is 0 Å². The molecule has 2 aromatic rings. The van der Waals surface area contributed by atoms with Crippen LogP contribution in [-0.2, 0) is 9.53 Å². The quantitative estimate of drug-likeness (QED) is 0.786. The second-order valence-corrected chi connectivity index (χ2v) is 8.97. The van der Waals surface area contributed by atoms with Crippen LogP contribution in [0.1, 0.15) is 58.6 Å². The van der Waals surface area contributed by atoms with Crippen molar-refractivity contribution in [2.45, 2.75) is 58.6 Å². The summed E-state index contributed by atoms with van der Waals surface area (Å²) >= 11 is 0. The van der Waals surface area contributed by atoms with Gasteiger partial charge < -0.3 is 15.0 Å². The summed E-state index contributed by atoms with van der Waals surface area (Å²) in [6.45, 7) is 8.94. The Morgan fingerprint density at radius 1 is 1.10 bits per heavy atom. The number of benzene rings is 2. The molecular weight excluding hydrogens is 364 g/mol. The summed E-state index contributed by atoms with van der Waals surface area (Å²) in [6.07, 6.45) is 1.90. The van der Waals surface area contributed by atoms with E-state index in [0.717, 1.165) is 18.4 Å². The van der Waals surface area contributed by atoms with Crippen LogP contribution in [0.15, 0.2) is 42.5 Å². The monoisotopic (exact) mass is 396 g/mol. The minimum Gasteiger partial charge on any atom is -0.444 e. The summed E-state index contributed by atoms with van der Waals surface area (Å²) < 4.78 is 5.44. The van der Waals surface area contributed by atoms with Crippen LogP contribution in [-0.4, -0.2) is 35.6 Å². The molecule has 0 saturated carbocycles. The molecule has 5 heteroatoms. The summed E-state index contributed by atoms with van der Waals surface area (Å²) in [6, 6.07) is 14.4. The lowest BCUT2D eigenvalue weighted by atomic mass is 9.93. The van der Waals surface area contributed by atoms with Gasteiger partial charge >= 0.3 is 6.09 Å². The topological polar surface area (TPSA) is 58.6 Å². The number of carbonyl (C=O) groups excluding carboxylic acids is 2. The van der Waals surface area contributed by atoms with E-state index in [-0.39, 0.29) is 18.0 Å². The SMILES string of the molecule is CC(NC(=O)CC1CCN(C(=O)OC(C)(C)C)CC1)c1cccc2ccccc12. The second kappa shape index (κ2) is 8.85. The van der Waals surface area contributed by atoms with Crippen molar-refractivity contribution < 1.29 is 14.3 Å². The molecule has 1 atom stereocenters. The highest BCUT2D eigenvalue weighted by molar-refractivity contribution is 5.87. The Kier molecular flexibility index (Phi) is 6.46. The van der Waals surface area contributed by atoms with Crippen molar-refractivity contribution in [3.63, 3.8) is 0 Å². The van der Waals surface area contributed by atoms with E-state index < -0.39 is 5.60 Å². The normalized spacial score (nSPS) is 16.5. The molecule has 1 N–H and O–H groups in total. The van der Waals surface area contributed by atoms with Gasteiger partial charge in [0.1, 0.15) is 5.60 Å². The van der Waals surface area contributed by atoms with Gasteiger partial charge in [0, 0.05) is 19.5 Å². The van der Waals surface area contributed by atoms with Gasteiger partial charge in [-0.3, -0.25) is 4.79 Å². The first kappa shape index (κ1) is 21.2. The van der Waals surface area contributed by atoms with Crippen molar-refractivity contribution in [3.05, 3.63) is 48.0 Å². The van der Waals surface area contributed by atoms with Crippen LogP contribution in [0.2, 0.25) is 0 Å². The van der Waals surface area contributed by atoms with Gasteiger partial charge in [0.25, 0.3) is 0 Å². The van der Waals surface area contributed by atoms with Gasteiger partial charge in [-0.25, -0.2) is 4.79 Å². The van der Waals surface area contributed by atoms with Crippen molar-refractivity contribution in [2.75, 3.05) is 13.1 Å². The van der Waals surface area contributed by atoms with Gasteiger partial charge in [-0.1, -0.05) is 42.5 Å². The number of ether oxygens (including phenoxy) is 1. The molecule has 1 saturated heterocycles. The van der Waals surface area contributed by atoms with Gasteiger partial charge in [-0.2, -0.15) is 0 Å². The summed E-state index contributed by atoms with van der Waals surface area (Å²) in [4.78, 5) is 26.5. The number of carbonyl (C=O) groups is 2. The van der Waals surface area contributed by atoms with E-state index >= 15 is 0 Å². The smallest absolute Gasteiger partial charge is 0.410 e. The second-order valence-electron chi connectivity index (χ2n) is 8.97. The third-order valence-corrected chi connectivity index (χ3v) is 5.41. The number of rotatable bonds is 4. The number of hydrogen-bond acceptors (Lipinski definition) is 3. The van der Waals surface area contributed by atoms with E-state index in [2.05, 4.69) is 29.6 Å². The lowest BCUT2D eigenvalue weighted by Gasteiger charge is -2.33. The molecule has 0 bridgehead atoms. The van der Waals surface area contributed by atoms with E-state index in [4.69, 9.17) is 4.74 Å². The Balaban J connectivity index is 1.51. The third-order valence-electron chi connectivity index (χ3n) is 5.41. The molecule has 2 amide bonds. The average Bonchev–Trinajstić information content (AvgIpc) is 2.66. The zero-order valence-corrected chi connectivity index (χ0v) is 17.9. The first-order chi connectivity index (χ1) is 13.7. The molecule has 29 heavy (non-hydrogen) atoms. The van der Waals surface area contributed by atoms with Crippen LogP contribution in [0.4, 0.5) is 4.79 Å². The maximum absolute atomic E-state index is 12.6. The minimum atomic E-state index is -0.481. The van der Waals surface area contributed by atoms with Crippen LogP contribution < -0.4 is 5.32 Å². The summed E-state index contributed by atoms with van der Waals surface area (Å²) in [5.74, 6) is 0.370. The molecule has 1 unspecified atom stereocenters. The van der Waals surface area contributed by atoms with Crippen molar-refractivity contribution in [3.8, 4) is 0 Å². The highest BCUT2D eigenvalue weighted by Crippen LogP contribution is 2.26. The van der Waals surface area contributed by atoms with E-state index in [1.807, 2.05) is 45.9 Å². The average molecular weight is 397 g/mol. The van der Waals surface area contributed by atoms with E-state index in [9.17, 15) is 9.59 Å². The van der Waals surface area contributed by atoms with E-state index in [1.54, 1.807) is 4.90 Å². The fourth-order valence-corrected chi connectivity index (χ4v) is 3.91. The highest BCUT2D eigenvalue weighted by Gasteiger charge is 2.28. The van der Waals surface area contributed by atoms with Crippen molar-refractivity contribution >= 4 is 22.8 Å². The number of amides is 2. The largest absolute Gasteiger partial charge is 0.444 e. The number of nitrogens with one attached hydrogen (secondary N) is 1. The molecule has 2 aromatic carbocycles. The number of likely N-dealkylation sites (tertiary alicyclic amines) is 1. The van der Waals surface area contributed by atoms with Crippen LogP contribution in [0, 0.1) is 5.92 Å². The highest BCUT2D eigenvalue weighted by atomic mass is 16.6. The zero-order valence-electron chi connectivity index (χ0n) is 17.9. The molecule has 0 aromatic heterocycles. The molecule has 5 nitrogen and oxygen atoms in total. The van der Waals surface area contributed by atoms with Gasteiger partial charge in [-0.05, 0) is 62.8 Å². The molecule has 1 fully saturated rings. The fourth-order valence-electron chi connectivity index (χ4n) is 3.91. The van der Waals surface area contributed by atoms with Crippen molar-refractivity contribution in [2.24, 2.45) is 5.92 Å². The molecule has 156 valence electrons. The summed E-state index contributed by atoms with van der Waals surface area (Å²) in [7, 11) is 0. The summed E-state index contributed by atoms with van der Waals surface area (Å²) in [5, 5.41) is 5.51. The van der Waals surface area contributed by atoms with E-state index in [1.165, 1.54) is 10.8 Å². The predicted molar refractivity (Wildman–Crippen MR) is 116 cm³/mol. The minimum absolute atomic E-state index is 0.0459. The molecule has 1 heterocycles. The fraction of sp³-hybridized carbons (Fsp3) is 0.500. The number of fused-ring (bicyclic) bond motifs is 1. The molecular formula is C24H32N2O3. The Hall–Kier alpha value is -2.56. The maximum atomic E-state index is 12.6. The number of nitrogens with zero attached hydrogens (tertiary/aromatic N) is 1. The molecule has 0 spiro atoms. The maximum Gasteiger partial charge on any atom is 0.410 e. The summed E-state index contributed by atoms with van der Waals surface area (Å²) in [5.41, 5.74) is 0.655. The number of hydrogen-bond donors (Lipinski definition) is 1.